The number of carbonyl (C=O) groups is 1. The van der Waals surface area contributed by atoms with Crippen LogP contribution in [0.15, 0.2) is 54.6 Å². The quantitative estimate of drug-likeness (QED) is 0.640. The smallest absolute Gasteiger partial charge is 0.158 e. The lowest BCUT2D eigenvalue weighted by molar-refractivity contribution is -0.121. The number of aliphatic hydroxyl groups is 1. The van der Waals surface area contributed by atoms with Crippen molar-refractivity contribution in [1.29, 1.82) is 0 Å². The zero-order chi connectivity index (χ0) is 16.3. The van der Waals surface area contributed by atoms with Gasteiger partial charge >= 0.3 is 0 Å². The van der Waals surface area contributed by atoms with Gasteiger partial charge in [-0.1, -0.05) is 73.9 Å². The largest absolute Gasteiger partial charge is 0.389 e. The van der Waals surface area contributed by atoms with Gasteiger partial charge in [0.1, 0.15) is 6.61 Å². The standard InChI is InChI=1S/C21H26O2/c22-17-21(23)12-8-3-1-2-5-9-18-13-15-20(16-14-18)19-10-6-4-7-11-19/h4,6-7,10-11,13-16,22H,1-3,5,8-9,12,17H2. The number of unbranched alkanes of at least 4 members (excludes halogenated alkanes) is 4. The van der Waals surface area contributed by atoms with Crippen LogP contribution in [0, 0.1) is 0 Å². The first-order valence-corrected chi connectivity index (χ1v) is 8.56. The van der Waals surface area contributed by atoms with Crippen LogP contribution in [-0.4, -0.2) is 17.5 Å². The van der Waals surface area contributed by atoms with Crippen LogP contribution in [0.3, 0.4) is 0 Å². The minimum absolute atomic E-state index is 0.0384. The second-order valence-electron chi connectivity index (χ2n) is 6.03. The van der Waals surface area contributed by atoms with E-state index in [1.807, 2.05) is 6.07 Å². The van der Waals surface area contributed by atoms with Gasteiger partial charge in [0, 0.05) is 6.42 Å². The molecule has 0 aliphatic rings. The summed E-state index contributed by atoms with van der Waals surface area (Å²) in [6.07, 6.45) is 7.19. The van der Waals surface area contributed by atoms with Crippen molar-refractivity contribution in [2.24, 2.45) is 0 Å². The molecule has 2 aromatic rings. The Hall–Kier alpha value is -1.93. The summed E-state index contributed by atoms with van der Waals surface area (Å²) in [5.74, 6) is -0.0384. The fraction of sp³-hybridized carbons (Fsp3) is 0.381. The van der Waals surface area contributed by atoms with Gasteiger partial charge in [0.2, 0.25) is 0 Å². The Morgan fingerprint density at radius 2 is 1.35 bits per heavy atom. The predicted octanol–water partition coefficient (Wildman–Crippen LogP) is 4.80. The van der Waals surface area contributed by atoms with Crippen LogP contribution < -0.4 is 0 Å². The summed E-state index contributed by atoms with van der Waals surface area (Å²) in [5, 5.41) is 8.64. The van der Waals surface area contributed by atoms with Crippen molar-refractivity contribution in [1.82, 2.24) is 0 Å². The molecule has 2 heteroatoms. The fourth-order valence-electron chi connectivity index (χ4n) is 2.76. The molecule has 0 fully saturated rings. The highest BCUT2D eigenvalue weighted by molar-refractivity contribution is 5.79. The predicted molar refractivity (Wildman–Crippen MR) is 95.4 cm³/mol. The van der Waals surface area contributed by atoms with Crippen molar-refractivity contribution in [2.75, 3.05) is 6.61 Å². The summed E-state index contributed by atoms with van der Waals surface area (Å²) >= 11 is 0. The molecule has 0 saturated heterocycles. The molecule has 0 atom stereocenters. The van der Waals surface area contributed by atoms with Gasteiger partial charge in [-0.25, -0.2) is 0 Å². The van der Waals surface area contributed by atoms with Crippen molar-refractivity contribution >= 4 is 5.78 Å². The number of aryl methyl sites for hydroxylation is 1. The molecule has 1 N–H and O–H groups in total. The molecular formula is C21H26O2. The molecule has 0 spiro atoms. The summed E-state index contributed by atoms with van der Waals surface area (Å²) in [5.41, 5.74) is 3.92. The molecule has 122 valence electrons. The molecule has 0 aromatic heterocycles. The van der Waals surface area contributed by atoms with E-state index in [4.69, 9.17) is 5.11 Å². The van der Waals surface area contributed by atoms with E-state index >= 15 is 0 Å². The molecule has 0 saturated carbocycles. The molecule has 23 heavy (non-hydrogen) atoms. The van der Waals surface area contributed by atoms with Gasteiger partial charge in [-0.15, -0.1) is 0 Å². The highest BCUT2D eigenvalue weighted by Crippen LogP contribution is 2.20. The number of benzene rings is 2. The highest BCUT2D eigenvalue weighted by atomic mass is 16.3. The zero-order valence-electron chi connectivity index (χ0n) is 13.7. The molecule has 0 amide bonds. The van der Waals surface area contributed by atoms with Crippen LogP contribution in [0.2, 0.25) is 0 Å². The number of hydrogen-bond donors (Lipinski definition) is 1. The molecule has 0 radical (unpaired) electrons. The van der Waals surface area contributed by atoms with Crippen LogP contribution in [0.4, 0.5) is 0 Å². The van der Waals surface area contributed by atoms with Crippen LogP contribution in [0.1, 0.15) is 44.1 Å². The summed E-state index contributed by atoms with van der Waals surface area (Å²) in [6, 6.07) is 19.3. The van der Waals surface area contributed by atoms with Gasteiger partial charge in [0.15, 0.2) is 5.78 Å². The van der Waals surface area contributed by atoms with Gasteiger partial charge in [-0.05, 0) is 36.0 Å². The summed E-state index contributed by atoms with van der Waals surface area (Å²) in [4.78, 5) is 11.0. The van der Waals surface area contributed by atoms with Gasteiger partial charge in [0.25, 0.3) is 0 Å². The molecule has 2 aromatic carbocycles. The molecule has 0 aliphatic carbocycles. The summed E-state index contributed by atoms with van der Waals surface area (Å²) in [7, 11) is 0. The molecule has 2 nitrogen and oxygen atoms in total. The van der Waals surface area contributed by atoms with Crippen molar-refractivity contribution in [3.63, 3.8) is 0 Å². The number of carbonyl (C=O) groups excluding carboxylic acids is 1. The lowest BCUT2D eigenvalue weighted by Gasteiger charge is -2.05. The van der Waals surface area contributed by atoms with Gasteiger partial charge in [-0.3, -0.25) is 4.79 Å². The first-order chi connectivity index (χ1) is 11.3. The number of ketones is 1. The lowest BCUT2D eigenvalue weighted by Crippen LogP contribution is -2.02. The topological polar surface area (TPSA) is 37.3 Å². The average Bonchev–Trinajstić information content (AvgIpc) is 2.62. The highest BCUT2D eigenvalue weighted by Gasteiger charge is 2.00. The summed E-state index contributed by atoms with van der Waals surface area (Å²) in [6.45, 7) is -0.307. The third kappa shape index (κ3) is 6.37. The number of aliphatic hydroxyl groups excluding tert-OH is 1. The van der Waals surface area contributed by atoms with Crippen molar-refractivity contribution in [2.45, 2.75) is 44.9 Å². The van der Waals surface area contributed by atoms with Gasteiger partial charge in [-0.2, -0.15) is 0 Å². The zero-order valence-corrected chi connectivity index (χ0v) is 13.7. The van der Waals surface area contributed by atoms with Crippen LogP contribution in [-0.2, 0) is 11.2 Å². The number of hydrogen-bond acceptors (Lipinski definition) is 2. The van der Waals surface area contributed by atoms with Crippen LogP contribution in [0.25, 0.3) is 11.1 Å². The van der Waals surface area contributed by atoms with Gasteiger partial charge < -0.3 is 5.11 Å². The minimum atomic E-state index is -0.307. The Morgan fingerprint density at radius 3 is 2.04 bits per heavy atom. The van der Waals surface area contributed by atoms with Crippen LogP contribution in [0.5, 0.6) is 0 Å². The van der Waals surface area contributed by atoms with E-state index in [9.17, 15) is 4.79 Å². The van der Waals surface area contributed by atoms with Gasteiger partial charge in [0.05, 0.1) is 0 Å². The SMILES string of the molecule is O=C(CO)CCCCCCCc1ccc(-c2ccccc2)cc1. The molecular weight excluding hydrogens is 284 g/mol. The minimum Gasteiger partial charge on any atom is -0.389 e. The number of rotatable bonds is 10. The van der Waals surface area contributed by atoms with E-state index in [2.05, 4.69) is 48.5 Å². The van der Waals surface area contributed by atoms with E-state index < -0.39 is 0 Å². The maximum absolute atomic E-state index is 11.0. The molecule has 0 aliphatic heterocycles. The second-order valence-corrected chi connectivity index (χ2v) is 6.03. The normalized spacial score (nSPS) is 10.7. The number of Topliss-reactive ketones (excluding diaryl/α,β-unsaturated/α-hetero) is 1. The maximum atomic E-state index is 11.0. The Bertz CT molecular complexity index is 573. The first-order valence-electron chi connectivity index (χ1n) is 8.56. The van der Waals surface area contributed by atoms with E-state index in [1.54, 1.807) is 0 Å². The Kier molecular flexibility index (Phi) is 7.55. The average molecular weight is 310 g/mol. The molecule has 2 rings (SSSR count). The van der Waals surface area contributed by atoms with Crippen molar-refractivity contribution < 1.29 is 9.90 Å². The van der Waals surface area contributed by atoms with Crippen molar-refractivity contribution in [3.05, 3.63) is 60.2 Å². The van der Waals surface area contributed by atoms with E-state index in [-0.39, 0.29) is 12.4 Å². The Balaban J connectivity index is 1.64. The fourth-order valence-corrected chi connectivity index (χ4v) is 2.76. The third-order valence-corrected chi connectivity index (χ3v) is 4.16. The van der Waals surface area contributed by atoms with E-state index in [0.29, 0.717) is 6.42 Å². The van der Waals surface area contributed by atoms with Crippen molar-refractivity contribution in [3.8, 4) is 11.1 Å². The monoisotopic (exact) mass is 310 g/mol. The third-order valence-electron chi connectivity index (χ3n) is 4.16. The van der Waals surface area contributed by atoms with E-state index in [0.717, 1.165) is 19.3 Å². The Labute approximate surface area is 139 Å². The molecule has 0 heterocycles. The lowest BCUT2D eigenvalue weighted by atomic mass is 10.0. The Morgan fingerprint density at radius 1 is 0.739 bits per heavy atom. The summed E-state index contributed by atoms with van der Waals surface area (Å²) < 4.78 is 0. The molecule has 0 unspecified atom stereocenters. The second kappa shape index (κ2) is 9.96. The maximum Gasteiger partial charge on any atom is 0.158 e. The van der Waals surface area contributed by atoms with Crippen LogP contribution >= 0.6 is 0 Å². The molecule has 0 bridgehead atoms. The first kappa shape index (κ1) is 17.4. The van der Waals surface area contributed by atoms with E-state index in [1.165, 1.54) is 36.0 Å².